The van der Waals surface area contributed by atoms with Crippen molar-refractivity contribution in [2.45, 2.75) is 19.5 Å². The Morgan fingerprint density at radius 3 is 2.39 bits per heavy atom. The van der Waals surface area contributed by atoms with Crippen molar-refractivity contribution in [3.8, 4) is 5.75 Å². The molecule has 0 radical (unpaired) electrons. The van der Waals surface area contributed by atoms with Crippen LogP contribution in [0.2, 0.25) is 0 Å². The van der Waals surface area contributed by atoms with Gasteiger partial charge in [0.25, 0.3) is 5.91 Å². The first-order chi connectivity index (χ1) is 13.5. The van der Waals surface area contributed by atoms with Crippen LogP contribution in [0.3, 0.4) is 0 Å². The van der Waals surface area contributed by atoms with E-state index in [1.807, 2.05) is 0 Å². The van der Waals surface area contributed by atoms with E-state index in [1.165, 1.54) is 30.3 Å². The maximum absolute atomic E-state index is 12.1. The number of anilines is 2. The second-order valence-corrected chi connectivity index (χ2v) is 6.00. The van der Waals surface area contributed by atoms with Crippen LogP contribution in [0.4, 0.5) is 20.3 Å². The van der Waals surface area contributed by atoms with Crippen molar-refractivity contribution in [2.75, 3.05) is 29.9 Å². The molecule has 1 saturated heterocycles. The average molecular weight is 392 g/mol. The molecule has 8 nitrogen and oxygen atoms in total. The highest BCUT2D eigenvalue weighted by atomic mass is 19.3. The summed E-state index contributed by atoms with van der Waals surface area (Å²) in [5, 5.41) is 10.3. The Hall–Kier alpha value is -3.30. The topological polar surface area (TPSA) is 93.7 Å². The molecule has 0 saturated carbocycles. The molecule has 1 amide bonds. The zero-order valence-corrected chi connectivity index (χ0v) is 14.8. The number of nitrogens with one attached hydrogen (secondary N) is 1. The summed E-state index contributed by atoms with van der Waals surface area (Å²) in [6, 6.07) is 8.54. The Labute approximate surface area is 159 Å². The van der Waals surface area contributed by atoms with E-state index >= 15 is 0 Å². The van der Waals surface area contributed by atoms with Crippen molar-refractivity contribution < 1.29 is 27.8 Å². The van der Waals surface area contributed by atoms with Gasteiger partial charge in [-0.1, -0.05) is 0 Å². The summed E-state index contributed by atoms with van der Waals surface area (Å²) in [6.07, 6.45) is 2.20. The van der Waals surface area contributed by atoms with Crippen molar-refractivity contribution in [1.82, 2.24) is 10.2 Å². The monoisotopic (exact) mass is 392 g/mol. The number of carbonyl (C=O) groups is 2. The van der Waals surface area contributed by atoms with Crippen molar-refractivity contribution >= 4 is 23.4 Å². The fraction of sp³-hybridized carbons (Fsp3) is 0.333. The van der Waals surface area contributed by atoms with Gasteiger partial charge in [-0.3, -0.25) is 4.79 Å². The van der Waals surface area contributed by atoms with Crippen LogP contribution in [0.25, 0.3) is 0 Å². The third-order valence-corrected chi connectivity index (χ3v) is 3.99. The van der Waals surface area contributed by atoms with Gasteiger partial charge >= 0.3 is 12.6 Å². The predicted octanol–water partition coefficient (Wildman–Crippen LogP) is 2.47. The number of alkyl halides is 2. The molecule has 3 rings (SSSR count). The average Bonchev–Trinajstić information content (AvgIpc) is 3.22. The lowest BCUT2D eigenvalue weighted by Crippen LogP contribution is -2.22. The number of carbonyl (C=O) groups excluding carboxylic acids is 2. The molecule has 10 heteroatoms. The number of ether oxygens (including phenoxy) is 2. The van der Waals surface area contributed by atoms with Gasteiger partial charge in [-0.25, -0.2) is 4.79 Å². The smallest absolute Gasteiger partial charge is 0.387 e. The number of amides is 1. The van der Waals surface area contributed by atoms with Gasteiger partial charge in [0.1, 0.15) is 5.75 Å². The van der Waals surface area contributed by atoms with Gasteiger partial charge < -0.3 is 19.7 Å². The molecule has 1 aromatic heterocycles. The zero-order chi connectivity index (χ0) is 19.9. The van der Waals surface area contributed by atoms with Gasteiger partial charge in [-0.15, -0.1) is 10.2 Å². The maximum atomic E-state index is 12.1. The van der Waals surface area contributed by atoms with Gasteiger partial charge in [0, 0.05) is 18.8 Å². The van der Waals surface area contributed by atoms with Crippen molar-refractivity contribution in [2.24, 2.45) is 0 Å². The minimum Gasteiger partial charge on any atom is -0.451 e. The van der Waals surface area contributed by atoms with E-state index in [-0.39, 0.29) is 11.4 Å². The molecule has 2 heterocycles. The second-order valence-electron chi connectivity index (χ2n) is 6.00. The fourth-order valence-electron chi connectivity index (χ4n) is 2.67. The minimum absolute atomic E-state index is 0.00393. The zero-order valence-electron chi connectivity index (χ0n) is 14.8. The van der Waals surface area contributed by atoms with Gasteiger partial charge in [0.15, 0.2) is 18.1 Å². The third-order valence-electron chi connectivity index (χ3n) is 3.99. The number of aromatic nitrogens is 2. The summed E-state index contributed by atoms with van der Waals surface area (Å²) < 4.78 is 33.3. The van der Waals surface area contributed by atoms with E-state index in [0.717, 1.165) is 25.9 Å². The van der Waals surface area contributed by atoms with E-state index in [9.17, 15) is 18.4 Å². The molecule has 0 unspecified atom stereocenters. The van der Waals surface area contributed by atoms with Crippen LogP contribution in [-0.4, -0.2) is 48.4 Å². The maximum Gasteiger partial charge on any atom is 0.387 e. The lowest BCUT2D eigenvalue weighted by atomic mass is 10.3. The minimum atomic E-state index is -2.92. The molecule has 0 spiro atoms. The van der Waals surface area contributed by atoms with Gasteiger partial charge in [0.2, 0.25) is 0 Å². The second kappa shape index (κ2) is 9.07. The summed E-state index contributed by atoms with van der Waals surface area (Å²) in [5.74, 6) is -0.685. The highest BCUT2D eigenvalue weighted by Crippen LogP contribution is 2.18. The summed E-state index contributed by atoms with van der Waals surface area (Å²) in [7, 11) is 0. The largest absolute Gasteiger partial charge is 0.451 e. The molecule has 0 aliphatic carbocycles. The normalized spacial score (nSPS) is 13.5. The van der Waals surface area contributed by atoms with Gasteiger partial charge in [-0.2, -0.15) is 8.78 Å². The van der Waals surface area contributed by atoms with Crippen molar-refractivity contribution in [3.05, 3.63) is 42.1 Å². The number of esters is 1. The van der Waals surface area contributed by atoms with E-state index < -0.39 is 25.1 Å². The third kappa shape index (κ3) is 5.35. The van der Waals surface area contributed by atoms with E-state index in [2.05, 4.69) is 25.2 Å². The van der Waals surface area contributed by atoms with Crippen LogP contribution in [0.1, 0.15) is 23.3 Å². The first-order valence-electron chi connectivity index (χ1n) is 8.62. The molecule has 1 aromatic carbocycles. The van der Waals surface area contributed by atoms with Gasteiger partial charge in [-0.05, 0) is 49.2 Å². The van der Waals surface area contributed by atoms with Crippen LogP contribution in [-0.2, 0) is 9.53 Å². The quantitative estimate of drug-likeness (QED) is 0.724. The summed E-state index contributed by atoms with van der Waals surface area (Å²) in [4.78, 5) is 25.9. The molecular weight excluding hydrogens is 374 g/mol. The number of benzene rings is 1. The standard InChI is InChI=1S/C18H18F2N4O4/c19-18(20)28-13-5-3-12(4-6-13)21-16(25)11-27-17(26)14-7-8-15(23-22-14)24-9-1-2-10-24/h3-8,18H,1-2,9-11H2,(H,21,25). The summed E-state index contributed by atoms with van der Waals surface area (Å²) in [5.41, 5.74) is 0.349. The molecule has 0 bridgehead atoms. The molecular formula is C18H18F2N4O4. The highest BCUT2D eigenvalue weighted by molar-refractivity contribution is 5.94. The van der Waals surface area contributed by atoms with Crippen LogP contribution in [0.15, 0.2) is 36.4 Å². The summed E-state index contributed by atoms with van der Waals surface area (Å²) >= 11 is 0. The fourth-order valence-corrected chi connectivity index (χ4v) is 2.67. The van der Waals surface area contributed by atoms with E-state index in [1.54, 1.807) is 6.07 Å². The van der Waals surface area contributed by atoms with Gasteiger partial charge in [0.05, 0.1) is 0 Å². The van der Waals surface area contributed by atoms with Crippen LogP contribution in [0, 0.1) is 0 Å². The van der Waals surface area contributed by atoms with Crippen LogP contribution in [0.5, 0.6) is 5.75 Å². The molecule has 1 fully saturated rings. The Morgan fingerprint density at radius 2 is 1.79 bits per heavy atom. The van der Waals surface area contributed by atoms with Crippen LogP contribution >= 0.6 is 0 Å². The first-order valence-corrected chi connectivity index (χ1v) is 8.62. The number of halogens is 2. The van der Waals surface area contributed by atoms with E-state index in [4.69, 9.17) is 4.74 Å². The number of nitrogens with zero attached hydrogens (tertiary/aromatic N) is 3. The van der Waals surface area contributed by atoms with Crippen molar-refractivity contribution in [3.63, 3.8) is 0 Å². The Bertz CT molecular complexity index is 809. The predicted molar refractivity (Wildman–Crippen MR) is 95.5 cm³/mol. The lowest BCUT2D eigenvalue weighted by molar-refractivity contribution is -0.119. The molecule has 28 heavy (non-hydrogen) atoms. The summed E-state index contributed by atoms with van der Waals surface area (Å²) in [6.45, 7) is -1.63. The SMILES string of the molecule is O=C(COC(=O)c1ccc(N2CCCC2)nn1)Nc1ccc(OC(F)F)cc1. The molecule has 1 aliphatic heterocycles. The molecule has 0 atom stereocenters. The Balaban J connectivity index is 1.46. The molecule has 1 aliphatic rings. The molecule has 1 N–H and O–H groups in total. The lowest BCUT2D eigenvalue weighted by Gasteiger charge is -2.15. The first kappa shape index (κ1) is 19.5. The number of hydrogen-bond donors (Lipinski definition) is 1. The van der Waals surface area contributed by atoms with Crippen molar-refractivity contribution in [1.29, 1.82) is 0 Å². The molecule has 2 aromatic rings. The number of rotatable bonds is 7. The highest BCUT2D eigenvalue weighted by Gasteiger charge is 2.16. The Kier molecular flexibility index (Phi) is 6.30. The van der Waals surface area contributed by atoms with Crippen LogP contribution < -0.4 is 15.0 Å². The number of hydrogen-bond acceptors (Lipinski definition) is 7. The molecule has 148 valence electrons. The van der Waals surface area contributed by atoms with E-state index in [0.29, 0.717) is 11.5 Å². The Morgan fingerprint density at radius 1 is 1.07 bits per heavy atom.